The summed E-state index contributed by atoms with van der Waals surface area (Å²) >= 11 is 0. The molecule has 0 aliphatic heterocycles. The molecule has 0 spiro atoms. The van der Waals surface area contributed by atoms with Gasteiger partial charge in [-0.25, -0.2) is 0 Å². The number of aliphatic hydroxyl groups is 1. The van der Waals surface area contributed by atoms with Gasteiger partial charge < -0.3 is 14.2 Å². The van der Waals surface area contributed by atoms with E-state index in [0.29, 0.717) is 13.2 Å². The van der Waals surface area contributed by atoms with Crippen molar-refractivity contribution < 1.29 is 18.7 Å². The molecule has 0 aromatic carbocycles. The summed E-state index contributed by atoms with van der Waals surface area (Å²) in [5.41, 5.74) is 0. The highest BCUT2D eigenvalue weighted by Crippen LogP contribution is 2.47. The summed E-state index contributed by atoms with van der Waals surface area (Å²) in [6, 6.07) is 0. The smallest absolute Gasteiger partial charge is 0.355 e. The van der Waals surface area contributed by atoms with Crippen LogP contribution in [0, 0.1) is 0 Å². The Balaban J connectivity index is 3.60. The lowest BCUT2D eigenvalue weighted by atomic mass is 10.2. The third-order valence-electron chi connectivity index (χ3n) is 3.24. The highest BCUT2D eigenvalue weighted by atomic mass is 31.2. The summed E-state index contributed by atoms with van der Waals surface area (Å²) in [6.45, 7) is 5.17. The van der Waals surface area contributed by atoms with Crippen LogP contribution in [0.25, 0.3) is 0 Å². The first-order valence-corrected chi connectivity index (χ1v) is 9.90. The summed E-state index contributed by atoms with van der Waals surface area (Å²) in [6.07, 6.45) is 10.6. The van der Waals surface area contributed by atoms with E-state index in [2.05, 4.69) is 13.8 Å². The van der Waals surface area contributed by atoms with E-state index in [-0.39, 0.29) is 0 Å². The monoisotopic (exact) mass is 308 g/mol. The number of hydrogen-bond donors (Lipinski definition) is 1. The summed E-state index contributed by atoms with van der Waals surface area (Å²) in [5, 5.41) is 9.15. The number of rotatable bonds is 15. The third-order valence-corrected chi connectivity index (χ3v) is 4.74. The quantitative estimate of drug-likeness (QED) is 0.337. The van der Waals surface area contributed by atoms with Gasteiger partial charge in [0.05, 0.1) is 13.2 Å². The normalized spacial score (nSPS) is 11.9. The Morgan fingerprint density at radius 3 is 1.50 bits per heavy atom. The van der Waals surface area contributed by atoms with Crippen molar-refractivity contribution in [1.29, 1.82) is 0 Å². The Morgan fingerprint density at radius 1 is 0.750 bits per heavy atom. The van der Waals surface area contributed by atoms with Gasteiger partial charge in [-0.3, -0.25) is 4.57 Å². The summed E-state index contributed by atoms with van der Waals surface area (Å²) in [7, 11) is -3.26. The van der Waals surface area contributed by atoms with Crippen LogP contribution in [0.15, 0.2) is 0 Å². The predicted molar refractivity (Wildman–Crippen MR) is 84.1 cm³/mol. The van der Waals surface area contributed by atoms with Gasteiger partial charge >= 0.3 is 7.60 Å². The molecular weight excluding hydrogens is 275 g/mol. The van der Waals surface area contributed by atoms with Gasteiger partial charge in [0.25, 0.3) is 0 Å². The van der Waals surface area contributed by atoms with Crippen LogP contribution in [0.1, 0.15) is 78.1 Å². The molecule has 0 aromatic heterocycles. The molecule has 4 nitrogen and oxygen atoms in total. The van der Waals surface area contributed by atoms with Gasteiger partial charge in [0.1, 0.15) is 6.35 Å². The molecule has 20 heavy (non-hydrogen) atoms. The van der Waals surface area contributed by atoms with Gasteiger partial charge in [-0.2, -0.15) is 0 Å². The Hall–Kier alpha value is 0.110. The lowest BCUT2D eigenvalue weighted by Gasteiger charge is -2.16. The summed E-state index contributed by atoms with van der Waals surface area (Å²) in [4.78, 5) is 0. The third kappa shape index (κ3) is 11.9. The Bertz CT molecular complexity index is 226. The zero-order valence-electron chi connectivity index (χ0n) is 13.3. The molecule has 0 unspecified atom stereocenters. The fourth-order valence-corrected chi connectivity index (χ4v) is 2.99. The number of unbranched alkanes of at least 4 members (excludes halogenated alkanes) is 8. The first kappa shape index (κ1) is 20.1. The van der Waals surface area contributed by atoms with E-state index in [0.717, 1.165) is 25.7 Å². The number of hydrogen-bond acceptors (Lipinski definition) is 4. The maximum atomic E-state index is 12.1. The maximum Gasteiger partial charge on any atom is 0.355 e. The number of aliphatic hydroxyl groups excluding tert-OH is 1. The van der Waals surface area contributed by atoms with Crippen LogP contribution in [-0.2, 0) is 13.6 Å². The zero-order valence-corrected chi connectivity index (χ0v) is 14.2. The van der Waals surface area contributed by atoms with E-state index in [4.69, 9.17) is 14.2 Å². The topological polar surface area (TPSA) is 55.8 Å². The Labute approximate surface area is 124 Å². The molecular formula is C15H33O4P. The molecule has 0 atom stereocenters. The highest BCUT2D eigenvalue weighted by Gasteiger charge is 2.22. The van der Waals surface area contributed by atoms with Crippen molar-refractivity contribution in [2.45, 2.75) is 78.1 Å². The molecule has 0 fully saturated rings. The molecule has 0 rings (SSSR count). The minimum absolute atomic E-state index is 0.414. The van der Waals surface area contributed by atoms with Crippen LogP contribution >= 0.6 is 7.60 Å². The first-order chi connectivity index (χ1) is 9.68. The standard InChI is InChI=1S/C15H33O4P/c1-3-5-7-9-11-13-18-20(17,15-16)19-14-12-10-8-6-4-2/h16H,3-15H2,1-2H3. The second-order valence-corrected chi connectivity index (χ2v) is 7.27. The largest absolute Gasteiger partial charge is 0.384 e. The Kier molecular flexibility index (Phi) is 14.1. The Morgan fingerprint density at radius 2 is 1.15 bits per heavy atom. The van der Waals surface area contributed by atoms with Crippen molar-refractivity contribution >= 4 is 7.60 Å². The summed E-state index contributed by atoms with van der Waals surface area (Å²) in [5.74, 6) is 0. The molecule has 0 aromatic rings. The van der Waals surface area contributed by atoms with Gasteiger partial charge in [-0.1, -0.05) is 65.2 Å². The zero-order chi connectivity index (χ0) is 15.1. The van der Waals surface area contributed by atoms with Crippen LogP contribution in [0.4, 0.5) is 0 Å². The van der Waals surface area contributed by atoms with Gasteiger partial charge in [-0.15, -0.1) is 0 Å². The van der Waals surface area contributed by atoms with Gasteiger partial charge in [0.15, 0.2) is 0 Å². The molecule has 0 aliphatic rings. The minimum atomic E-state index is -3.26. The summed E-state index contributed by atoms with van der Waals surface area (Å²) < 4.78 is 22.6. The van der Waals surface area contributed by atoms with Crippen molar-refractivity contribution in [3.8, 4) is 0 Å². The van der Waals surface area contributed by atoms with Crippen molar-refractivity contribution in [3.63, 3.8) is 0 Å². The van der Waals surface area contributed by atoms with Crippen LogP contribution in [0.3, 0.4) is 0 Å². The SMILES string of the molecule is CCCCCCCOP(=O)(CO)OCCCCCCC. The predicted octanol–water partition coefficient (Wildman–Crippen LogP) is 5.10. The molecule has 0 radical (unpaired) electrons. The molecule has 0 saturated carbocycles. The second-order valence-electron chi connectivity index (χ2n) is 5.25. The highest BCUT2D eigenvalue weighted by molar-refractivity contribution is 7.53. The molecule has 0 amide bonds. The van der Waals surface area contributed by atoms with E-state index >= 15 is 0 Å². The van der Waals surface area contributed by atoms with Crippen LogP contribution < -0.4 is 0 Å². The van der Waals surface area contributed by atoms with E-state index in [1.54, 1.807) is 0 Å². The molecule has 0 heterocycles. The van der Waals surface area contributed by atoms with Crippen molar-refractivity contribution in [1.82, 2.24) is 0 Å². The van der Waals surface area contributed by atoms with Crippen LogP contribution in [-0.4, -0.2) is 24.7 Å². The fourth-order valence-electron chi connectivity index (χ4n) is 1.94. The molecule has 0 saturated heterocycles. The van der Waals surface area contributed by atoms with Gasteiger partial charge in [-0.05, 0) is 12.8 Å². The second kappa shape index (κ2) is 14.1. The molecule has 0 aliphatic carbocycles. The van der Waals surface area contributed by atoms with Crippen LogP contribution in [0.2, 0.25) is 0 Å². The molecule has 122 valence electrons. The average Bonchev–Trinajstić information content (AvgIpc) is 2.46. The van der Waals surface area contributed by atoms with E-state index in [1.165, 1.54) is 38.5 Å². The van der Waals surface area contributed by atoms with Gasteiger partial charge in [0.2, 0.25) is 0 Å². The molecule has 5 heteroatoms. The van der Waals surface area contributed by atoms with E-state index < -0.39 is 13.9 Å². The van der Waals surface area contributed by atoms with Crippen molar-refractivity contribution in [2.75, 3.05) is 19.6 Å². The van der Waals surface area contributed by atoms with E-state index in [9.17, 15) is 4.57 Å². The minimum Gasteiger partial charge on any atom is -0.384 e. The fraction of sp³-hybridized carbons (Fsp3) is 1.00. The average molecular weight is 308 g/mol. The molecule has 1 N–H and O–H groups in total. The van der Waals surface area contributed by atoms with Gasteiger partial charge in [0, 0.05) is 0 Å². The lowest BCUT2D eigenvalue weighted by Crippen LogP contribution is -2.02. The maximum absolute atomic E-state index is 12.1. The van der Waals surface area contributed by atoms with Crippen molar-refractivity contribution in [3.05, 3.63) is 0 Å². The first-order valence-electron chi connectivity index (χ1n) is 8.17. The van der Waals surface area contributed by atoms with Crippen LogP contribution in [0.5, 0.6) is 0 Å². The van der Waals surface area contributed by atoms with E-state index in [1.807, 2.05) is 0 Å². The molecule has 0 bridgehead atoms. The van der Waals surface area contributed by atoms with Crippen molar-refractivity contribution in [2.24, 2.45) is 0 Å². The lowest BCUT2D eigenvalue weighted by molar-refractivity contribution is 0.174.